The van der Waals surface area contributed by atoms with Gasteiger partial charge in [0.15, 0.2) is 0 Å². The number of hydrogen-bond donors (Lipinski definition) is 9. The zero-order chi connectivity index (χ0) is 89.3. The van der Waals surface area contributed by atoms with E-state index < -0.39 is 40.7 Å². The third-order valence-electron chi connectivity index (χ3n) is 27.9. The average molecular weight is 1710 g/mol. The molecule has 0 saturated heterocycles. The first-order valence-corrected chi connectivity index (χ1v) is 49.2. The molecular weight excluding hydrogens is 1540 g/mol. The first-order valence-electron chi connectivity index (χ1n) is 49.2. The lowest BCUT2D eigenvalue weighted by Crippen LogP contribution is -2.38. The second-order valence-corrected chi connectivity index (χ2v) is 38.6. The zero-order valence-corrected chi connectivity index (χ0v) is 77.8. The lowest BCUT2D eigenvalue weighted by molar-refractivity contribution is -0.00395. The highest BCUT2D eigenvalue weighted by Gasteiger charge is 2.35. The van der Waals surface area contributed by atoms with Crippen LogP contribution in [0.3, 0.4) is 0 Å². The van der Waals surface area contributed by atoms with E-state index in [4.69, 9.17) is 0 Å². The largest absolute Gasteiger partial charge is 0.390 e. The molecule has 0 aliphatic heterocycles. The average Bonchev–Trinajstić information content (AvgIpc) is 1.03. The summed E-state index contributed by atoms with van der Waals surface area (Å²) in [5.74, 6) is -0.318. The molecule has 6 aromatic carbocycles. The van der Waals surface area contributed by atoms with Crippen molar-refractivity contribution in [3.05, 3.63) is 211 Å². The Labute approximate surface area is 742 Å². The first-order chi connectivity index (χ1) is 59.0. The standard InChI is InChI=1S/C19H30O.2C18H27FO2.C18H27FO.C18H27NO2.C18H28O2/c1-3-4-8-17-13-16(2)14-18(15-17)9-12-19(20)10-6-5-7-11-19;1-2-7-16(20)15-9-6-8-14(17(15)19)10-13-18(21)11-4-3-5-12-18;1-2-6-17(20)15-11-14(12-16(19)13-15)7-10-18(21)8-4-3-5-9-18;1-2-3-7-16-14-15(8-9-17(16)19)10-13-18(20)11-5-4-6-12-18;1-3-8-17(20)14-9-7-10-15(13-14)18(21)19(2)16-11-5-4-6-12-16;1-3-14(2)17(19)16-8-6-7-15(13-16)9-12-18(20)10-4-5-11-18/h13-15,20H,3-12H2,1-2H3;6,8-9,16,20-21H,2-5,7,10-13H2,1H3;11-13,17,20-21H,2-10H2,1H3;8-9,14,20H,2-7,10-13H2,1H3;7,9-10,13,16-17,20H,3-6,8,11-12H2,1-2H3;6-8,13-14,17,19-20H,3-5,9-12H2,1-2H3/t;;;;17-;14-,17-/m....11/s1. The van der Waals surface area contributed by atoms with Crippen LogP contribution in [0, 0.1) is 30.3 Å². The number of aliphatic hydroxyl groups excluding tert-OH is 4. The number of aliphatic hydroxyl groups is 9. The number of hydrogen-bond acceptors (Lipinski definition) is 10. The summed E-state index contributed by atoms with van der Waals surface area (Å²) in [7, 11) is 1.91. The Morgan fingerprint density at radius 3 is 1.32 bits per heavy atom. The number of halogens is 3. The summed E-state index contributed by atoms with van der Waals surface area (Å²) in [4.78, 5) is 14.5. The maximum atomic E-state index is 14.5. The molecule has 0 radical (unpaired) electrons. The van der Waals surface area contributed by atoms with Crippen LogP contribution in [-0.2, 0) is 44.9 Å². The Morgan fingerprint density at radius 2 is 0.813 bits per heavy atom. The lowest BCUT2D eigenvalue weighted by Gasteiger charge is -2.32. The topological polar surface area (TPSA) is 202 Å². The van der Waals surface area contributed by atoms with Crippen LogP contribution >= 0.6 is 0 Å². The molecule has 6 aliphatic rings. The fourth-order valence-electron chi connectivity index (χ4n) is 19.5. The van der Waals surface area contributed by atoms with Crippen molar-refractivity contribution < 1.29 is 63.9 Å². The van der Waals surface area contributed by atoms with Gasteiger partial charge >= 0.3 is 0 Å². The van der Waals surface area contributed by atoms with Gasteiger partial charge in [-0.05, 0) is 285 Å². The van der Waals surface area contributed by atoms with Crippen molar-refractivity contribution in [3.63, 3.8) is 0 Å². The van der Waals surface area contributed by atoms with Crippen molar-refractivity contribution in [2.75, 3.05) is 7.05 Å². The van der Waals surface area contributed by atoms with Crippen molar-refractivity contribution in [2.45, 2.75) is 448 Å². The highest BCUT2D eigenvalue weighted by molar-refractivity contribution is 5.94. The van der Waals surface area contributed by atoms with Gasteiger partial charge in [-0.2, -0.15) is 0 Å². The maximum Gasteiger partial charge on any atom is 0.253 e. The number of rotatable bonds is 35. The molecule has 2 unspecified atom stereocenters. The van der Waals surface area contributed by atoms with Gasteiger partial charge in [-0.3, -0.25) is 4.79 Å². The molecule has 6 aliphatic carbocycles. The molecule has 14 heteroatoms. The summed E-state index contributed by atoms with van der Waals surface area (Å²) in [6, 6.07) is 38.6. The van der Waals surface area contributed by atoms with Gasteiger partial charge in [-0.1, -0.05) is 293 Å². The Hall–Kier alpha value is -5.78. The second-order valence-electron chi connectivity index (χ2n) is 38.6. The van der Waals surface area contributed by atoms with E-state index in [0.29, 0.717) is 66.8 Å². The number of aryl methyl sites for hydroxylation is 8. The van der Waals surface area contributed by atoms with E-state index in [0.717, 1.165) is 246 Å². The number of amides is 1. The summed E-state index contributed by atoms with van der Waals surface area (Å²) in [5, 5.41) is 93.0. The van der Waals surface area contributed by atoms with E-state index in [1.165, 1.54) is 111 Å². The minimum atomic E-state index is -0.729. The van der Waals surface area contributed by atoms with E-state index in [1.807, 2.05) is 80.4 Å². The van der Waals surface area contributed by atoms with E-state index in [1.54, 1.807) is 24.3 Å². The van der Waals surface area contributed by atoms with Crippen LogP contribution in [0.1, 0.15) is 439 Å². The van der Waals surface area contributed by atoms with Gasteiger partial charge in [0.05, 0.1) is 52.4 Å². The zero-order valence-electron chi connectivity index (χ0n) is 77.8. The molecule has 12 rings (SSSR count). The van der Waals surface area contributed by atoms with E-state index in [2.05, 4.69) is 71.9 Å². The Morgan fingerprint density at radius 1 is 0.398 bits per heavy atom. The van der Waals surface area contributed by atoms with Crippen molar-refractivity contribution in [2.24, 2.45) is 5.92 Å². The molecular formula is C109H166F3NO10. The van der Waals surface area contributed by atoms with Crippen LogP contribution in [0.2, 0.25) is 0 Å². The van der Waals surface area contributed by atoms with Crippen LogP contribution in [0.5, 0.6) is 0 Å². The molecule has 6 fully saturated rings. The van der Waals surface area contributed by atoms with Crippen molar-refractivity contribution in [3.8, 4) is 0 Å². The number of carbonyl (C=O) groups is 1. The highest BCUT2D eigenvalue weighted by Crippen LogP contribution is 2.39. The van der Waals surface area contributed by atoms with Crippen LogP contribution in [-0.4, -0.2) is 97.9 Å². The summed E-state index contributed by atoms with van der Waals surface area (Å²) in [6.07, 6.45) is 49.2. The molecule has 0 bridgehead atoms. The van der Waals surface area contributed by atoms with Gasteiger partial charge in [-0.25, -0.2) is 13.2 Å². The molecule has 123 heavy (non-hydrogen) atoms. The molecule has 0 aromatic heterocycles. The van der Waals surface area contributed by atoms with Crippen LogP contribution in [0.4, 0.5) is 13.2 Å². The van der Waals surface area contributed by atoms with Crippen LogP contribution in [0.15, 0.2) is 121 Å². The minimum absolute atomic E-state index is 0.0763. The van der Waals surface area contributed by atoms with Gasteiger partial charge in [-0.15, -0.1) is 0 Å². The normalized spacial score (nSPS) is 18.9. The lowest BCUT2D eigenvalue weighted by atomic mass is 9.81. The number of unbranched alkanes of at least 4 members (excludes halogenated alkanes) is 2. The van der Waals surface area contributed by atoms with Crippen molar-refractivity contribution >= 4 is 5.91 Å². The smallest absolute Gasteiger partial charge is 0.253 e. The quantitative estimate of drug-likeness (QED) is 0.0184. The van der Waals surface area contributed by atoms with Crippen LogP contribution in [0.25, 0.3) is 0 Å². The predicted octanol–water partition coefficient (Wildman–Crippen LogP) is 26.3. The first kappa shape index (κ1) is 104. The molecule has 688 valence electrons. The van der Waals surface area contributed by atoms with Crippen molar-refractivity contribution in [1.29, 1.82) is 0 Å². The second kappa shape index (κ2) is 54.5. The number of carbonyl (C=O) groups excluding carboxylic acids is 1. The van der Waals surface area contributed by atoms with Gasteiger partial charge in [0, 0.05) is 24.2 Å². The summed E-state index contributed by atoms with van der Waals surface area (Å²) < 4.78 is 41.9. The van der Waals surface area contributed by atoms with Gasteiger partial charge in [0.25, 0.3) is 5.91 Å². The minimum Gasteiger partial charge on any atom is -0.390 e. The Balaban J connectivity index is 0.000000203. The summed E-state index contributed by atoms with van der Waals surface area (Å²) >= 11 is 0. The Kier molecular flexibility index (Phi) is 46.2. The molecule has 0 spiro atoms. The molecule has 5 atom stereocenters. The predicted molar refractivity (Wildman–Crippen MR) is 501 cm³/mol. The van der Waals surface area contributed by atoms with E-state index >= 15 is 0 Å². The highest BCUT2D eigenvalue weighted by atomic mass is 19.1. The molecule has 9 N–H and O–H groups in total. The molecule has 1 amide bonds. The third kappa shape index (κ3) is 36.7. The van der Waals surface area contributed by atoms with Gasteiger partial charge in [0.2, 0.25) is 0 Å². The molecule has 6 saturated carbocycles. The van der Waals surface area contributed by atoms with Gasteiger partial charge < -0.3 is 50.9 Å². The maximum absolute atomic E-state index is 14.5. The fourth-order valence-corrected chi connectivity index (χ4v) is 19.5. The van der Waals surface area contributed by atoms with E-state index in [-0.39, 0.29) is 41.0 Å². The fraction of sp³-hybridized carbons (Fsp3) is 0.661. The van der Waals surface area contributed by atoms with Crippen LogP contribution < -0.4 is 0 Å². The summed E-state index contributed by atoms with van der Waals surface area (Å²) in [6.45, 7) is 16.8. The third-order valence-corrected chi connectivity index (χ3v) is 27.9. The van der Waals surface area contributed by atoms with E-state index in [9.17, 15) is 63.9 Å². The number of nitrogens with zero attached hydrogens (tertiary/aromatic N) is 1. The van der Waals surface area contributed by atoms with Gasteiger partial charge in [0.1, 0.15) is 17.5 Å². The molecule has 11 nitrogen and oxygen atoms in total. The molecule has 6 aromatic rings. The SMILES string of the molecule is CCCC(O)c1cc(F)cc(CCC2(O)CCCCC2)c1.CCCC(O)c1cccc(CCC2(O)CCCCC2)c1F.CCCCc1cc(C)cc(CCC2(O)CCCCC2)c1.CCCCc1cc(CCC2(O)CCCCC2)ccc1F.CCC[C@@H](O)c1cccc(C(=O)N(C)C2CCCCC2)c1.CC[C@@H](C)[C@@H](O)c1cccc(CCC2(O)CCCC2)c1. The monoisotopic (exact) mass is 1710 g/mol. The molecule has 0 heterocycles. The number of benzene rings is 6. The Bertz CT molecular complexity index is 3940. The summed E-state index contributed by atoms with van der Waals surface area (Å²) in [5.41, 5.74) is 10.1. The van der Waals surface area contributed by atoms with Crippen molar-refractivity contribution in [1.82, 2.24) is 4.90 Å².